The van der Waals surface area contributed by atoms with Crippen LogP contribution in [-0.2, 0) is 13.0 Å². The molecule has 1 aromatic heterocycles. The van der Waals surface area contributed by atoms with Crippen LogP contribution in [0.3, 0.4) is 0 Å². The minimum atomic E-state index is 0.276. The molecule has 2 unspecified atom stereocenters. The highest BCUT2D eigenvalue weighted by Crippen LogP contribution is 2.33. The molecule has 0 bridgehead atoms. The van der Waals surface area contributed by atoms with Crippen molar-refractivity contribution in [3.8, 4) is 11.5 Å². The predicted octanol–water partition coefficient (Wildman–Crippen LogP) is 4.61. The van der Waals surface area contributed by atoms with Gasteiger partial charge in [-0.1, -0.05) is 37.2 Å². The minimum absolute atomic E-state index is 0.276. The number of fused-ring (bicyclic) bond motifs is 1. The molecule has 1 fully saturated rings. The number of methoxy groups -OCH3 is 1. The molecule has 1 saturated heterocycles. The molecule has 0 amide bonds. The Bertz CT molecular complexity index is 956. The number of piperidine rings is 1. The highest BCUT2D eigenvalue weighted by atomic mass is 16.5. The zero-order valence-electron chi connectivity index (χ0n) is 16.8. The summed E-state index contributed by atoms with van der Waals surface area (Å²) in [4.78, 5) is 2.41. The fourth-order valence-electron chi connectivity index (χ4n) is 4.55. The van der Waals surface area contributed by atoms with Gasteiger partial charge < -0.3 is 14.4 Å². The van der Waals surface area contributed by atoms with Gasteiger partial charge >= 0.3 is 0 Å². The van der Waals surface area contributed by atoms with Gasteiger partial charge in [0, 0.05) is 37.0 Å². The fraction of sp³-hybridized carbons (Fsp3) is 0.435. The van der Waals surface area contributed by atoms with Crippen molar-refractivity contribution in [3.63, 3.8) is 0 Å². The summed E-state index contributed by atoms with van der Waals surface area (Å²) in [6.07, 6.45) is 1.89. The average molecular weight is 380 g/mol. The smallest absolute Gasteiger partial charge is 0.175 e. The number of nitrogens with zero attached hydrogens (tertiary/aromatic N) is 2. The second-order valence-corrected chi connectivity index (χ2v) is 8.20. The van der Waals surface area contributed by atoms with Gasteiger partial charge in [0.1, 0.15) is 11.5 Å². The van der Waals surface area contributed by atoms with Crippen LogP contribution in [0.5, 0.6) is 11.5 Å². The van der Waals surface area contributed by atoms with Crippen LogP contribution in [0.4, 0.5) is 0 Å². The predicted molar refractivity (Wildman–Crippen MR) is 110 cm³/mol. The third-order valence-electron chi connectivity index (χ3n) is 5.67. The van der Waals surface area contributed by atoms with Crippen molar-refractivity contribution in [2.45, 2.75) is 33.2 Å². The van der Waals surface area contributed by atoms with Crippen LogP contribution in [0.15, 0.2) is 40.9 Å². The number of phenolic OH excluding ortho intramolecular Hbond substituents is 1. The number of aromatic nitrogens is 1. The van der Waals surface area contributed by atoms with Crippen molar-refractivity contribution in [1.29, 1.82) is 0 Å². The van der Waals surface area contributed by atoms with Crippen LogP contribution >= 0.6 is 0 Å². The molecular formula is C23H28N2O3. The highest BCUT2D eigenvalue weighted by molar-refractivity contribution is 5.84. The van der Waals surface area contributed by atoms with E-state index in [1.165, 1.54) is 6.42 Å². The molecule has 0 aliphatic carbocycles. The first-order chi connectivity index (χ1) is 13.5. The molecule has 3 aromatic rings. The Morgan fingerprint density at radius 1 is 1.14 bits per heavy atom. The first-order valence-corrected chi connectivity index (χ1v) is 9.98. The minimum Gasteiger partial charge on any atom is -0.507 e. The third-order valence-corrected chi connectivity index (χ3v) is 5.67. The number of rotatable bonds is 5. The lowest BCUT2D eigenvalue weighted by molar-refractivity contribution is 0.133. The molecule has 1 aliphatic heterocycles. The van der Waals surface area contributed by atoms with Gasteiger partial charge in [0.15, 0.2) is 5.58 Å². The van der Waals surface area contributed by atoms with Gasteiger partial charge in [0.25, 0.3) is 0 Å². The van der Waals surface area contributed by atoms with Crippen molar-refractivity contribution in [2.75, 3.05) is 20.2 Å². The molecule has 1 aliphatic rings. The van der Waals surface area contributed by atoms with Crippen molar-refractivity contribution in [1.82, 2.24) is 10.1 Å². The summed E-state index contributed by atoms with van der Waals surface area (Å²) in [7, 11) is 1.68. The van der Waals surface area contributed by atoms with Gasteiger partial charge in [-0.2, -0.15) is 0 Å². The molecule has 28 heavy (non-hydrogen) atoms. The van der Waals surface area contributed by atoms with E-state index in [-0.39, 0.29) is 5.75 Å². The van der Waals surface area contributed by atoms with Gasteiger partial charge in [-0.3, -0.25) is 4.90 Å². The van der Waals surface area contributed by atoms with E-state index in [0.717, 1.165) is 41.0 Å². The monoisotopic (exact) mass is 380 g/mol. The van der Waals surface area contributed by atoms with Crippen molar-refractivity contribution >= 4 is 11.0 Å². The molecule has 0 spiro atoms. The van der Waals surface area contributed by atoms with E-state index >= 15 is 0 Å². The van der Waals surface area contributed by atoms with E-state index in [4.69, 9.17) is 9.26 Å². The third kappa shape index (κ3) is 3.72. The number of hydrogen-bond donors (Lipinski definition) is 1. The Kier molecular flexibility index (Phi) is 5.27. The Morgan fingerprint density at radius 3 is 2.64 bits per heavy atom. The summed E-state index contributed by atoms with van der Waals surface area (Å²) in [5, 5.41) is 15.8. The van der Waals surface area contributed by atoms with Crippen LogP contribution in [-0.4, -0.2) is 35.4 Å². The second kappa shape index (κ2) is 7.84. The molecule has 5 heteroatoms. The SMILES string of the molecule is COc1ccccc1Cc1noc2c(CN3CC(C)CC(C)C3)c(O)ccc12. The Labute approximate surface area is 165 Å². The number of likely N-dealkylation sites (tertiary alicyclic amines) is 1. The van der Waals surface area contributed by atoms with Crippen LogP contribution < -0.4 is 4.74 Å². The molecule has 148 valence electrons. The summed E-state index contributed by atoms with van der Waals surface area (Å²) in [5.41, 5.74) is 3.45. The molecule has 5 nitrogen and oxygen atoms in total. The molecule has 1 N–H and O–H groups in total. The number of para-hydroxylation sites is 1. The van der Waals surface area contributed by atoms with Gasteiger partial charge in [-0.05, 0) is 36.5 Å². The maximum Gasteiger partial charge on any atom is 0.175 e. The summed E-state index contributed by atoms with van der Waals surface area (Å²) >= 11 is 0. The lowest BCUT2D eigenvalue weighted by Crippen LogP contribution is -2.38. The van der Waals surface area contributed by atoms with Gasteiger partial charge in [-0.25, -0.2) is 0 Å². The standard InChI is InChI=1S/C23H28N2O3/c1-15-10-16(2)13-25(12-15)14-19-21(26)9-8-18-20(24-28-23(18)19)11-17-6-4-5-7-22(17)27-3/h4-9,15-16,26H,10-14H2,1-3H3. The highest BCUT2D eigenvalue weighted by Gasteiger charge is 2.25. The van der Waals surface area contributed by atoms with E-state index in [0.29, 0.717) is 30.4 Å². The van der Waals surface area contributed by atoms with Gasteiger partial charge in [-0.15, -0.1) is 0 Å². The molecule has 2 atom stereocenters. The van der Waals surface area contributed by atoms with E-state index in [9.17, 15) is 5.11 Å². The largest absolute Gasteiger partial charge is 0.507 e. The van der Waals surface area contributed by atoms with Gasteiger partial charge in [0.2, 0.25) is 0 Å². The summed E-state index contributed by atoms with van der Waals surface area (Å²) in [6, 6.07) is 11.6. The van der Waals surface area contributed by atoms with Crippen LogP contribution in [0, 0.1) is 11.8 Å². The van der Waals surface area contributed by atoms with E-state index < -0.39 is 0 Å². The second-order valence-electron chi connectivity index (χ2n) is 8.20. The van der Waals surface area contributed by atoms with Gasteiger partial charge in [0.05, 0.1) is 18.4 Å². The quantitative estimate of drug-likeness (QED) is 0.700. The maximum atomic E-state index is 10.5. The van der Waals surface area contributed by atoms with Crippen LogP contribution in [0.1, 0.15) is 37.1 Å². The molecule has 0 radical (unpaired) electrons. The Hall–Kier alpha value is -2.53. The molecule has 2 aromatic carbocycles. The Balaban J connectivity index is 1.65. The number of phenols is 1. The Morgan fingerprint density at radius 2 is 1.89 bits per heavy atom. The number of benzene rings is 2. The maximum absolute atomic E-state index is 10.5. The summed E-state index contributed by atoms with van der Waals surface area (Å²) in [6.45, 7) is 7.36. The molecule has 0 saturated carbocycles. The summed E-state index contributed by atoms with van der Waals surface area (Å²) in [5.74, 6) is 2.45. The van der Waals surface area contributed by atoms with E-state index in [1.807, 2.05) is 30.3 Å². The number of aromatic hydroxyl groups is 1. The lowest BCUT2D eigenvalue weighted by Gasteiger charge is -2.35. The topological polar surface area (TPSA) is 58.7 Å². The fourth-order valence-corrected chi connectivity index (χ4v) is 4.55. The lowest BCUT2D eigenvalue weighted by atomic mass is 9.91. The molecule has 2 heterocycles. The van der Waals surface area contributed by atoms with E-state index in [1.54, 1.807) is 13.2 Å². The van der Waals surface area contributed by atoms with Crippen molar-refractivity contribution in [3.05, 3.63) is 53.2 Å². The first kappa shape index (κ1) is 18.8. The normalized spacial score (nSPS) is 20.5. The molecular weight excluding hydrogens is 352 g/mol. The average Bonchev–Trinajstić information content (AvgIpc) is 3.07. The van der Waals surface area contributed by atoms with Crippen LogP contribution in [0.2, 0.25) is 0 Å². The molecule has 4 rings (SSSR count). The zero-order valence-corrected chi connectivity index (χ0v) is 16.8. The zero-order chi connectivity index (χ0) is 19.7. The number of hydrogen-bond acceptors (Lipinski definition) is 5. The van der Waals surface area contributed by atoms with Crippen LogP contribution in [0.25, 0.3) is 11.0 Å². The van der Waals surface area contributed by atoms with Crippen molar-refractivity contribution < 1.29 is 14.4 Å². The first-order valence-electron chi connectivity index (χ1n) is 9.98. The van der Waals surface area contributed by atoms with Crippen molar-refractivity contribution in [2.24, 2.45) is 11.8 Å². The van der Waals surface area contributed by atoms with E-state index in [2.05, 4.69) is 23.9 Å². The summed E-state index contributed by atoms with van der Waals surface area (Å²) < 4.78 is 11.2. The number of ether oxygens (including phenoxy) is 1.